The molecule has 2 heteroatoms. The molecular formula is C11H13BO. The fourth-order valence-corrected chi connectivity index (χ4v) is 1.27. The van der Waals surface area contributed by atoms with Gasteiger partial charge in [0.2, 0.25) is 0 Å². The number of carbonyl (C=O) groups is 1. The molecule has 1 rings (SSSR count). The van der Waals surface area contributed by atoms with Gasteiger partial charge in [-0.2, -0.15) is 0 Å². The zero-order valence-electron chi connectivity index (χ0n) is 8.13. The fourth-order valence-electron chi connectivity index (χ4n) is 1.27. The van der Waals surface area contributed by atoms with Crippen molar-refractivity contribution in [2.75, 3.05) is 0 Å². The summed E-state index contributed by atoms with van der Waals surface area (Å²) < 4.78 is 0. The first kappa shape index (κ1) is 9.78. The standard InChI is InChI=1S/C11H13BO/c1-3-8(2)11-6-10(12)5-4-9(11)7-13/h4-7H,2-3,12H2,1H3. The number of hydrogen-bond donors (Lipinski definition) is 0. The minimum Gasteiger partial charge on any atom is -0.298 e. The highest BCUT2D eigenvalue weighted by Gasteiger charge is 2.03. The summed E-state index contributed by atoms with van der Waals surface area (Å²) in [5.74, 6) is 0. The summed E-state index contributed by atoms with van der Waals surface area (Å²) in [4.78, 5) is 10.7. The Bertz CT molecular complexity index is 342. The van der Waals surface area contributed by atoms with E-state index in [4.69, 9.17) is 0 Å². The number of carbonyl (C=O) groups excluding carboxylic acids is 1. The van der Waals surface area contributed by atoms with E-state index in [9.17, 15) is 4.79 Å². The van der Waals surface area contributed by atoms with Gasteiger partial charge in [-0.05, 0) is 17.6 Å². The van der Waals surface area contributed by atoms with Crippen LogP contribution in [0, 0.1) is 0 Å². The lowest BCUT2D eigenvalue weighted by Gasteiger charge is -2.07. The van der Waals surface area contributed by atoms with Crippen LogP contribution in [0.5, 0.6) is 0 Å². The van der Waals surface area contributed by atoms with Gasteiger partial charge in [-0.1, -0.05) is 37.2 Å². The molecule has 66 valence electrons. The molecular weight excluding hydrogens is 159 g/mol. The monoisotopic (exact) mass is 172 g/mol. The van der Waals surface area contributed by atoms with Gasteiger partial charge in [-0.15, -0.1) is 0 Å². The van der Waals surface area contributed by atoms with E-state index in [1.54, 1.807) is 0 Å². The maximum atomic E-state index is 10.7. The molecule has 0 aliphatic rings. The normalized spacial score (nSPS) is 9.62. The highest BCUT2D eigenvalue weighted by molar-refractivity contribution is 6.32. The molecule has 0 atom stereocenters. The first-order valence-corrected chi connectivity index (χ1v) is 4.43. The van der Waals surface area contributed by atoms with E-state index in [2.05, 4.69) is 6.58 Å². The van der Waals surface area contributed by atoms with E-state index < -0.39 is 0 Å². The van der Waals surface area contributed by atoms with Gasteiger partial charge in [0.25, 0.3) is 0 Å². The maximum absolute atomic E-state index is 10.7. The third-order valence-corrected chi connectivity index (χ3v) is 2.14. The lowest BCUT2D eigenvalue weighted by Crippen LogP contribution is -2.05. The molecule has 0 radical (unpaired) electrons. The smallest absolute Gasteiger partial charge is 0.150 e. The summed E-state index contributed by atoms with van der Waals surface area (Å²) in [5, 5.41) is 0. The molecule has 0 N–H and O–H groups in total. The highest BCUT2D eigenvalue weighted by atomic mass is 16.1. The van der Waals surface area contributed by atoms with E-state index in [1.807, 2.05) is 33.0 Å². The van der Waals surface area contributed by atoms with E-state index >= 15 is 0 Å². The molecule has 1 nitrogen and oxygen atoms in total. The maximum Gasteiger partial charge on any atom is 0.150 e. The molecule has 0 amide bonds. The van der Waals surface area contributed by atoms with E-state index in [1.165, 1.54) is 0 Å². The van der Waals surface area contributed by atoms with Crippen LogP contribution in [0.2, 0.25) is 0 Å². The molecule has 0 aromatic heterocycles. The van der Waals surface area contributed by atoms with E-state index in [0.29, 0.717) is 0 Å². The zero-order valence-corrected chi connectivity index (χ0v) is 8.13. The van der Waals surface area contributed by atoms with Gasteiger partial charge in [0.05, 0.1) is 0 Å². The largest absolute Gasteiger partial charge is 0.298 e. The van der Waals surface area contributed by atoms with Crippen molar-refractivity contribution in [1.29, 1.82) is 0 Å². The van der Waals surface area contributed by atoms with Crippen molar-refractivity contribution < 1.29 is 4.79 Å². The quantitative estimate of drug-likeness (QED) is 0.494. The number of benzene rings is 1. The third kappa shape index (κ3) is 2.08. The molecule has 0 spiro atoms. The molecule has 0 saturated carbocycles. The molecule has 1 aromatic rings. The van der Waals surface area contributed by atoms with Gasteiger partial charge in [0.1, 0.15) is 7.85 Å². The van der Waals surface area contributed by atoms with E-state index in [-0.39, 0.29) is 0 Å². The van der Waals surface area contributed by atoms with Crippen LogP contribution in [0.25, 0.3) is 5.57 Å². The van der Waals surface area contributed by atoms with Crippen LogP contribution in [-0.4, -0.2) is 14.1 Å². The van der Waals surface area contributed by atoms with Crippen LogP contribution in [0.1, 0.15) is 29.3 Å². The highest BCUT2D eigenvalue weighted by Crippen LogP contribution is 2.17. The Morgan fingerprint density at radius 1 is 1.62 bits per heavy atom. The average Bonchev–Trinajstić information content (AvgIpc) is 2.16. The third-order valence-electron chi connectivity index (χ3n) is 2.14. The second-order valence-corrected chi connectivity index (χ2v) is 3.17. The lowest BCUT2D eigenvalue weighted by atomic mass is 9.89. The van der Waals surface area contributed by atoms with Gasteiger partial charge >= 0.3 is 0 Å². The number of aldehydes is 1. The Kier molecular flexibility index (Phi) is 3.07. The summed E-state index contributed by atoms with van der Waals surface area (Å²) in [6.45, 7) is 5.98. The zero-order chi connectivity index (χ0) is 9.84. The summed E-state index contributed by atoms with van der Waals surface area (Å²) in [5.41, 5.74) is 3.90. The first-order chi connectivity index (χ1) is 6.19. The van der Waals surface area contributed by atoms with Crippen molar-refractivity contribution in [2.24, 2.45) is 0 Å². The van der Waals surface area contributed by atoms with Crippen molar-refractivity contribution in [2.45, 2.75) is 13.3 Å². The summed E-state index contributed by atoms with van der Waals surface area (Å²) in [6, 6.07) is 5.80. The summed E-state index contributed by atoms with van der Waals surface area (Å²) in [7, 11) is 2.01. The Balaban J connectivity index is 3.23. The lowest BCUT2D eigenvalue weighted by molar-refractivity contribution is 0.112. The number of rotatable bonds is 3. The predicted molar refractivity (Wildman–Crippen MR) is 59.3 cm³/mol. The molecule has 0 saturated heterocycles. The van der Waals surface area contributed by atoms with Gasteiger partial charge in [-0.3, -0.25) is 4.79 Å². The molecule has 0 heterocycles. The minimum absolute atomic E-state index is 0.734. The summed E-state index contributed by atoms with van der Waals surface area (Å²) >= 11 is 0. The van der Waals surface area contributed by atoms with Crippen LogP contribution >= 0.6 is 0 Å². The molecule has 0 bridgehead atoms. The molecule has 0 aliphatic carbocycles. The molecule has 0 fully saturated rings. The molecule has 1 aromatic carbocycles. The predicted octanol–water partition coefficient (Wildman–Crippen LogP) is 1.18. The van der Waals surface area contributed by atoms with Gasteiger partial charge in [0, 0.05) is 5.56 Å². The van der Waals surface area contributed by atoms with Crippen LogP contribution in [0.15, 0.2) is 24.8 Å². The van der Waals surface area contributed by atoms with Crippen molar-refractivity contribution in [3.8, 4) is 0 Å². The van der Waals surface area contributed by atoms with E-state index in [0.717, 1.165) is 34.9 Å². The van der Waals surface area contributed by atoms with Gasteiger partial charge in [-0.25, -0.2) is 0 Å². The van der Waals surface area contributed by atoms with Crippen LogP contribution in [-0.2, 0) is 0 Å². The molecule has 0 unspecified atom stereocenters. The van der Waals surface area contributed by atoms with Crippen molar-refractivity contribution in [3.05, 3.63) is 35.9 Å². The second kappa shape index (κ2) is 4.08. The van der Waals surface area contributed by atoms with Crippen molar-refractivity contribution >= 4 is 25.2 Å². The van der Waals surface area contributed by atoms with Crippen molar-refractivity contribution in [1.82, 2.24) is 0 Å². The fraction of sp³-hybridized carbons (Fsp3) is 0.182. The Labute approximate surface area is 79.9 Å². The average molecular weight is 172 g/mol. The molecule has 0 aliphatic heterocycles. The van der Waals surface area contributed by atoms with Gasteiger partial charge in [0.15, 0.2) is 6.29 Å². The Morgan fingerprint density at radius 3 is 2.85 bits per heavy atom. The first-order valence-electron chi connectivity index (χ1n) is 4.43. The Hall–Kier alpha value is -1.31. The van der Waals surface area contributed by atoms with Crippen LogP contribution in [0.3, 0.4) is 0 Å². The second-order valence-electron chi connectivity index (χ2n) is 3.17. The van der Waals surface area contributed by atoms with Gasteiger partial charge < -0.3 is 0 Å². The topological polar surface area (TPSA) is 17.1 Å². The van der Waals surface area contributed by atoms with Crippen LogP contribution in [0.4, 0.5) is 0 Å². The Morgan fingerprint density at radius 2 is 2.31 bits per heavy atom. The summed E-state index contributed by atoms with van der Waals surface area (Å²) in [6.07, 6.45) is 1.76. The number of hydrogen-bond acceptors (Lipinski definition) is 1. The molecule has 13 heavy (non-hydrogen) atoms. The van der Waals surface area contributed by atoms with Crippen molar-refractivity contribution in [3.63, 3.8) is 0 Å². The SMILES string of the molecule is Bc1ccc(C=O)c(C(=C)CC)c1. The number of allylic oxidation sites excluding steroid dienone is 1. The van der Waals surface area contributed by atoms with Crippen LogP contribution < -0.4 is 5.46 Å². The minimum atomic E-state index is 0.734.